The lowest BCUT2D eigenvalue weighted by atomic mass is 10.1. The van der Waals surface area contributed by atoms with Crippen LogP contribution >= 0.6 is 11.6 Å². The van der Waals surface area contributed by atoms with Crippen LogP contribution in [0, 0.1) is 21.4 Å². The first-order valence-electron chi connectivity index (χ1n) is 4.79. The third-order valence-corrected chi connectivity index (χ3v) is 2.84. The van der Waals surface area contributed by atoms with Crippen LogP contribution in [-0.2, 0) is 0 Å². The van der Waals surface area contributed by atoms with E-state index in [1.165, 1.54) is 25.4 Å². The highest BCUT2D eigenvalue weighted by Crippen LogP contribution is 2.37. The highest BCUT2D eigenvalue weighted by molar-refractivity contribution is 6.36. The summed E-state index contributed by atoms with van der Waals surface area (Å²) in [6.45, 7) is 0. The van der Waals surface area contributed by atoms with Gasteiger partial charge in [-0.3, -0.25) is 10.1 Å². The van der Waals surface area contributed by atoms with Gasteiger partial charge in [0, 0.05) is 11.6 Å². The number of rotatable bonds is 2. The fraction of sp³-hybridized carbons (Fsp3) is 0.0909. The Morgan fingerprint density at radius 2 is 2.28 bits per heavy atom. The molecule has 0 aliphatic carbocycles. The molecule has 0 aliphatic heterocycles. The molecular weight excluding hydrogens is 258 g/mol. The lowest BCUT2D eigenvalue weighted by Gasteiger charge is -2.06. The molecule has 1 heterocycles. The predicted molar refractivity (Wildman–Crippen MR) is 64.7 cm³/mol. The molecule has 0 spiro atoms. The Hall–Kier alpha value is -2.39. The Morgan fingerprint density at radius 3 is 2.83 bits per heavy atom. The predicted octanol–water partition coefficient (Wildman–Crippen LogP) is 2.68. The maximum Gasteiger partial charge on any atom is 0.336 e. The van der Waals surface area contributed by atoms with Crippen molar-refractivity contribution in [3.05, 3.63) is 39.0 Å². The molecule has 0 fully saturated rings. The molecule has 90 valence electrons. The fourth-order valence-electron chi connectivity index (χ4n) is 1.62. The van der Waals surface area contributed by atoms with Crippen molar-refractivity contribution in [3.8, 4) is 11.8 Å². The average Bonchev–Trinajstić information content (AvgIpc) is 2.37. The van der Waals surface area contributed by atoms with Crippen LogP contribution in [0.5, 0.6) is 5.75 Å². The van der Waals surface area contributed by atoms with Gasteiger partial charge in [0.15, 0.2) is 11.3 Å². The number of hydrogen-bond acceptors (Lipinski definition) is 5. The van der Waals surface area contributed by atoms with Crippen LogP contribution in [0.15, 0.2) is 18.3 Å². The third kappa shape index (κ3) is 1.71. The topological polar surface area (TPSA) is 89.0 Å². The first kappa shape index (κ1) is 12.1. The largest absolute Gasteiger partial charge is 0.490 e. The number of aromatic nitrogens is 1. The summed E-state index contributed by atoms with van der Waals surface area (Å²) >= 11 is 5.99. The molecule has 0 bridgehead atoms. The van der Waals surface area contributed by atoms with Gasteiger partial charge < -0.3 is 4.74 Å². The summed E-state index contributed by atoms with van der Waals surface area (Å²) in [7, 11) is 1.33. The first-order chi connectivity index (χ1) is 8.60. The Morgan fingerprint density at radius 1 is 1.56 bits per heavy atom. The van der Waals surface area contributed by atoms with Crippen LogP contribution in [0.3, 0.4) is 0 Å². The van der Waals surface area contributed by atoms with Crippen molar-refractivity contribution in [1.82, 2.24) is 4.98 Å². The molecule has 0 saturated carbocycles. The maximum atomic E-state index is 11.0. The molecule has 0 N–H and O–H groups in total. The smallest absolute Gasteiger partial charge is 0.336 e. The number of nitriles is 1. The molecule has 0 saturated heterocycles. The zero-order valence-electron chi connectivity index (χ0n) is 9.18. The molecule has 1 aromatic heterocycles. The van der Waals surface area contributed by atoms with Crippen molar-refractivity contribution in [1.29, 1.82) is 5.26 Å². The van der Waals surface area contributed by atoms with Crippen molar-refractivity contribution in [2.24, 2.45) is 0 Å². The number of methoxy groups -OCH3 is 1. The highest BCUT2D eigenvalue weighted by Gasteiger charge is 2.22. The lowest BCUT2D eigenvalue weighted by Crippen LogP contribution is -1.97. The van der Waals surface area contributed by atoms with Crippen molar-refractivity contribution in [3.63, 3.8) is 0 Å². The Labute approximate surface area is 107 Å². The summed E-state index contributed by atoms with van der Waals surface area (Å²) in [5.74, 6) is 0.0979. The van der Waals surface area contributed by atoms with E-state index in [9.17, 15) is 10.1 Å². The van der Waals surface area contributed by atoms with E-state index in [-0.39, 0.29) is 27.5 Å². The highest BCUT2D eigenvalue weighted by atomic mass is 35.5. The normalized spacial score (nSPS) is 10.1. The van der Waals surface area contributed by atoms with Crippen molar-refractivity contribution in [2.45, 2.75) is 0 Å². The molecule has 0 unspecified atom stereocenters. The van der Waals surface area contributed by atoms with Gasteiger partial charge in [-0.25, -0.2) is 4.98 Å². The molecule has 2 rings (SSSR count). The van der Waals surface area contributed by atoms with Gasteiger partial charge in [-0.2, -0.15) is 5.26 Å². The summed E-state index contributed by atoms with van der Waals surface area (Å²) in [6, 6.07) is 4.83. The van der Waals surface area contributed by atoms with E-state index in [4.69, 9.17) is 21.6 Å². The fourth-order valence-corrected chi connectivity index (χ4v) is 1.86. The molecule has 7 heteroatoms. The number of benzene rings is 1. The van der Waals surface area contributed by atoms with Crippen LogP contribution < -0.4 is 4.74 Å². The standard InChI is InChI=1S/C11H6ClN3O3/c1-18-8-3-2-7-9(12)6(4-13)5-14-10(7)11(8)15(16)17/h2-3,5H,1H3. The Bertz CT molecular complexity index is 694. The monoisotopic (exact) mass is 263 g/mol. The molecule has 2 aromatic rings. The van der Waals surface area contributed by atoms with Gasteiger partial charge in [0.25, 0.3) is 0 Å². The van der Waals surface area contributed by atoms with E-state index < -0.39 is 4.92 Å². The first-order valence-corrected chi connectivity index (χ1v) is 5.17. The second kappa shape index (κ2) is 4.47. The van der Waals surface area contributed by atoms with E-state index in [2.05, 4.69) is 4.98 Å². The van der Waals surface area contributed by atoms with Crippen molar-refractivity contribution in [2.75, 3.05) is 7.11 Å². The van der Waals surface area contributed by atoms with Crippen molar-refractivity contribution >= 4 is 28.2 Å². The van der Waals surface area contributed by atoms with Crippen molar-refractivity contribution < 1.29 is 9.66 Å². The summed E-state index contributed by atoms with van der Waals surface area (Å²) in [6.07, 6.45) is 1.21. The van der Waals surface area contributed by atoms with Gasteiger partial charge in [0.05, 0.1) is 22.6 Å². The van der Waals surface area contributed by atoms with Gasteiger partial charge in [0.1, 0.15) is 6.07 Å². The lowest BCUT2D eigenvalue weighted by molar-refractivity contribution is -0.384. The molecule has 0 radical (unpaired) electrons. The minimum absolute atomic E-state index is 0.0979. The maximum absolute atomic E-state index is 11.0. The molecule has 0 aliphatic rings. The average molecular weight is 264 g/mol. The van der Waals surface area contributed by atoms with Crippen LogP contribution in [0.25, 0.3) is 10.9 Å². The summed E-state index contributed by atoms with van der Waals surface area (Å²) in [5, 5.41) is 20.4. The van der Waals surface area contributed by atoms with Crippen LogP contribution in [0.4, 0.5) is 5.69 Å². The Balaban J connectivity index is 2.92. The quantitative estimate of drug-likeness (QED) is 0.614. The summed E-state index contributed by atoms with van der Waals surface area (Å²) in [5.41, 5.74) is 0.00775. The van der Waals surface area contributed by atoms with E-state index in [0.717, 1.165) is 0 Å². The van der Waals surface area contributed by atoms with E-state index >= 15 is 0 Å². The van der Waals surface area contributed by atoms with Crippen LogP contribution in [0.2, 0.25) is 5.02 Å². The third-order valence-electron chi connectivity index (χ3n) is 2.43. The number of ether oxygens (including phenoxy) is 1. The summed E-state index contributed by atoms with van der Waals surface area (Å²) < 4.78 is 4.92. The molecule has 1 aromatic carbocycles. The van der Waals surface area contributed by atoms with Gasteiger partial charge >= 0.3 is 5.69 Å². The zero-order valence-corrected chi connectivity index (χ0v) is 9.93. The van der Waals surface area contributed by atoms with Gasteiger partial charge in [-0.15, -0.1) is 0 Å². The van der Waals surface area contributed by atoms with Gasteiger partial charge in [-0.05, 0) is 12.1 Å². The molecular formula is C11H6ClN3O3. The van der Waals surface area contributed by atoms with Gasteiger partial charge in [0.2, 0.25) is 0 Å². The minimum Gasteiger partial charge on any atom is -0.490 e. The zero-order chi connectivity index (χ0) is 13.3. The molecule has 18 heavy (non-hydrogen) atoms. The number of pyridine rings is 1. The number of nitro benzene ring substituents is 1. The number of hydrogen-bond donors (Lipinski definition) is 0. The van der Waals surface area contributed by atoms with E-state index in [1.54, 1.807) is 0 Å². The van der Waals surface area contributed by atoms with Gasteiger partial charge in [-0.1, -0.05) is 11.6 Å². The molecule has 0 amide bonds. The van der Waals surface area contributed by atoms with Crippen LogP contribution in [-0.4, -0.2) is 17.0 Å². The minimum atomic E-state index is -0.587. The van der Waals surface area contributed by atoms with E-state index in [1.807, 2.05) is 6.07 Å². The molecule has 0 atom stereocenters. The second-order valence-corrected chi connectivity index (χ2v) is 3.75. The summed E-state index contributed by atoms with van der Waals surface area (Å²) in [4.78, 5) is 14.4. The number of fused-ring (bicyclic) bond motifs is 1. The van der Waals surface area contributed by atoms with E-state index in [0.29, 0.717) is 5.39 Å². The second-order valence-electron chi connectivity index (χ2n) is 3.37. The Kier molecular flexibility index (Phi) is 3.00. The number of nitrogens with zero attached hydrogens (tertiary/aromatic N) is 3. The molecule has 6 nitrogen and oxygen atoms in total. The number of nitro groups is 1. The SMILES string of the molecule is COc1ccc2c(Cl)c(C#N)cnc2c1[N+](=O)[O-]. The van der Waals surface area contributed by atoms with Crippen LogP contribution in [0.1, 0.15) is 5.56 Å². The number of halogens is 1.